The lowest BCUT2D eigenvalue weighted by Crippen LogP contribution is -2.25. The second kappa shape index (κ2) is 9.41. The summed E-state index contributed by atoms with van der Waals surface area (Å²) in [6, 6.07) is 24.1. The van der Waals surface area contributed by atoms with E-state index in [0.29, 0.717) is 22.4 Å². The Labute approximate surface area is 202 Å². The molecule has 1 heterocycles. The topological polar surface area (TPSA) is 59.8 Å². The lowest BCUT2D eigenvalue weighted by molar-refractivity contribution is 0.0951. The van der Waals surface area contributed by atoms with Gasteiger partial charge in [-0.2, -0.15) is 0 Å². The summed E-state index contributed by atoms with van der Waals surface area (Å²) in [7, 11) is 0. The molecule has 5 nitrogen and oxygen atoms in total. The van der Waals surface area contributed by atoms with Crippen LogP contribution in [0.25, 0.3) is 17.1 Å². The van der Waals surface area contributed by atoms with Crippen molar-refractivity contribution in [3.05, 3.63) is 94.5 Å². The highest BCUT2D eigenvalue weighted by atomic mass is 35.5. The van der Waals surface area contributed by atoms with Gasteiger partial charge in [0.25, 0.3) is 5.91 Å². The van der Waals surface area contributed by atoms with Gasteiger partial charge < -0.3 is 5.32 Å². The first kappa shape index (κ1) is 21.7. The standard InChI is InChI=1S/C26H23ClN4OS/c1-17-5-9-19(10-6-17)24-29-30-26(31(24)23-4-2-3-21(27)15-23)33-16-18-7-11-20(12-8-18)25(32)28-22-13-14-22/h2-12,15,22H,13-14,16H2,1H3,(H,28,32). The Hall–Kier alpha value is -3.09. The summed E-state index contributed by atoms with van der Waals surface area (Å²) >= 11 is 7.89. The Morgan fingerprint density at radius 2 is 1.82 bits per heavy atom. The fourth-order valence-corrected chi connectivity index (χ4v) is 4.59. The monoisotopic (exact) mass is 474 g/mol. The smallest absolute Gasteiger partial charge is 0.251 e. The van der Waals surface area contributed by atoms with Crippen LogP contribution in [0.1, 0.15) is 34.3 Å². The van der Waals surface area contributed by atoms with Crippen LogP contribution in [0.4, 0.5) is 0 Å². The second-order valence-corrected chi connectivity index (χ2v) is 9.60. The van der Waals surface area contributed by atoms with Crippen LogP contribution in [0.2, 0.25) is 5.02 Å². The minimum atomic E-state index is 0.000132. The zero-order valence-corrected chi connectivity index (χ0v) is 19.7. The number of rotatable bonds is 7. The van der Waals surface area contributed by atoms with E-state index in [-0.39, 0.29) is 5.91 Å². The van der Waals surface area contributed by atoms with E-state index in [0.717, 1.165) is 40.6 Å². The van der Waals surface area contributed by atoms with Crippen LogP contribution in [0.3, 0.4) is 0 Å². The third kappa shape index (κ3) is 5.13. The van der Waals surface area contributed by atoms with Crippen molar-refractivity contribution < 1.29 is 4.79 Å². The van der Waals surface area contributed by atoms with Gasteiger partial charge in [0, 0.05) is 27.9 Å². The molecule has 1 N–H and O–H groups in total. The highest BCUT2D eigenvalue weighted by molar-refractivity contribution is 7.98. The molecule has 33 heavy (non-hydrogen) atoms. The van der Waals surface area contributed by atoms with Gasteiger partial charge in [0.2, 0.25) is 0 Å². The summed E-state index contributed by atoms with van der Waals surface area (Å²) in [6.07, 6.45) is 2.16. The van der Waals surface area contributed by atoms with E-state index >= 15 is 0 Å². The zero-order valence-electron chi connectivity index (χ0n) is 18.2. The molecule has 0 aliphatic heterocycles. The van der Waals surface area contributed by atoms with Crippen LogP contribution in [0.5, 0.6) is 0 Å². The summed E-state index contributed by atoms with van der Waals surface area (Å²) in [5, 5.41) is 13.5. The van der Waals surface area contributed by atoms with E-state index < -0.39 is 0 Å². The number of nitrogens with zero attached hydrogens (tertiary/aromatic N) is 3. The molecule has 0 radical (unpaired) electrons. The van der Waals surface area contributed by atoms with Gasteiger partial charge in [0.05, 0.1) is 5.69 Å². The number of carbonyl (C=O) groups excluding carboxylic acids is 1. The number of halogens is 1. The quantitative estimate of drug-likeness (QED) is 0.330. The summed E-state index contributed by atoms with van der Waals surface area (Å²) < 4.78 is 2.04. The van der Waals surface area contributed by atoms with E-state index in [1.807, 2.05) is 53.1 Å². The molecule has 0 unspecified atom stereocenters. The first-order valence-electron chi connectivity index (χ1n) is 10.9. The van der Waals surface area contributed by atoms with Gasteiger partial charge >= 0.3 is 0 Å². The fourth-order valence-electron chi connectivity index (χ4n) is 3.50. The van der Waals surface area contributed by atoms with Crippen LogP contribution < -0.4 is 5.32 Å². The molecule has 1 fully saturated rings. The molecule has 0 saturated heterocycles. The highest BCUT2D eigenvalue weighted by Gasteiger charge is 2.23. The number of aryl methyl sites for hydroxylation is 1. The van der Waals surface area contributed by atoms with Gasteiger partial charge in [-0.1, -0.05) is 71.4 Å². The molecule has 5 rings (SSSR count). The average Bonchev–Trinajstić information content (AvgIpc) is 3.54. The van der Waals surface area contributed by atoms with Crippen molar-refractivity contribution in [2.75, 3.05) is 0 Å². The summed E-state index contributed by atoms with van der Waals surface area (Å²) in [6.45, 7) is 2.06. The Kier molecular flexibility index (Phi) is 6.20. The Morgan fingerprint density at radius 3 is 2.52 bits per heavy atom. The maximum absolute atomic E-state index is 12.2. The van der Waals surface area contributed by atoms with Crippen molar-refractivity contribution in [1.82, 2.24) is 20.1 Å². The Bertz CT molecular complexity index is 1280. The predicted octanol–water partition coefficient (Wildman–Crippen LogP) is 6.08. The minimum absolute atomic E-state index is 0.000132. The van der Waals surface area contributed by atoms with Crippen LogP contribution in [-0.4, -0.2) is 26.7 Å². The summed E-state index contributed by atoms with van der Waals surface area (Å²) in [4.78, 5) is 12.2. The number of nitrogens with one attached hydrogen (secondary N) is 1. The van der Waals surface area contributed by atoms with Crippen LogP contribution in [-0.2, 0) is 5.75 Å². The van der Waals surface area contributed by atoms with Crippen LogP contribution in [0, 0.1) is 6.92 Å². The van der Waals surface area contributed by atoms with Crippen molar-refractivity contribution in [2.24, 2.45) is 0 Å². The van der Waals surface area contributed by atoms with Crippen molar-refractivity contribution >= 4 is 29.3 Å². The Balaban J connectivity index is 1.39. The molecule has 1 amide bonds. The maximum atomic E-state index is 12.2. The molecule has 1 aromatic heterocycles. The van der Waals surface area contributed by atoms with E-state index in [1.165, 1.54) is 5.56 Å². The number of thioether (sulfide) groups is 1. The van der Waals surface area contributed by atoms with Crippen LogP contribution >= 0.6 is 23.4 Å². The van der Waals surface area contributed by atoms with Gasteiger partial charge in [-0.05, 0) is 55.7 Å². The van der Waals surface area contributed by atoms with E-state index in [4.69, 9.17) is 11.6 Å². The predicted molar refractivity (Wildman–Crippen MR) is 133 cm³/mol. The molecular formula is C26H23ClN4OS. The lowest BCUT2D eigenvalue weighted by Gasteiger charge is -2.11. The molecule has 1 aliphatic carbocycles. The van der Waals surface area contributed by atoms with Gasteiger partial charge in [0.1, 0.15) is 0 Å². The average molecular weight is 475 g/mol. The summed E-state index contributed by atoms with van der Waals surface area (Å²) in [5.74, 6) is 1.48. The van der Waals surface area contributed by atoms with Gasteiger partial charge in [-0.25, -0.2) is 0 Å². The molecule has 7 heteroatoms. The van der Waals surface area contributed by atoms with Crippen LogP contribution in [0.15, 0.2) is 78.0 Å². The van der Waals surface area contributed by atoms with Gasteiger partial charge in [0.15, 0.2) is 11.0 Å². The lowest BCUT2D eigenvalue weighted by atomic mass is 10.1. The molecule has 0 bridgehead atoms. The molecule has 0 spiro atoms. The van der Waals surface area contributed by atoms with Gasteiger partial charge in [-0.3, -0.25) is 9.36 Å². The maximum Gasteiger partial charge on any atom is 0.251 e. The third-order valence-corrected chi connectivity index (χ3v) is 6.74. The first-order valence-corrected chi connectivity index (χ1v) is 12.2. The van der Waals surface area contributed by atoms with Crippen molar-refractivity contribution in [2.45, 2.75) is 36.7 Å². The number of benzene rings is 3. The number of amides is 1. The fraction of sp³-hybridized carbons (Fsp3) is 0.192. The first-order chi connectivity index (χ1) is 16.1. The molecule has 166 valence electrons. The molecule has 4 aromatic rings. The number of aromatic nitrogens is 3. The van der Waals surface area contributed by atoms with E-state index in [9.17, 15) is 4.79 Å². The number of carbonyl (C=O) groups is 1. The van der Waals surface area contributed by atoms with Crippen molar-refractivity contribution in [3.63, 3.8) is 0 Å². The Morgan fingerprint density at radius 1 is 1.06 bits per heavy atom. The molecule has 1 saturated carbocycles. The zero-order chi connectivity index (χ0) is 22.8. The second-order valence-electron chi connectivity index (χ2n) is 8.22. The van der Waals surface area contributed by atoms with Gasteiger partial charge in [-0.15, -0.1) is 10.2 Å². The molecule has 3 aromatic carbocycles. The van der Waals surface area contributed by atoms with Crippen molar-refractivity contribution in [3.8, 4) is 17.1 Å². The summed E-state index contributed by atoms with van der Waals surface area (Å²) in [5.41, 5.74) is 4.90. The third-order valence-electron chi connectivity index (χ3n) is 5.51. The SMILES string of the molecule is Cc1ccc(-c2nnc(SCc3ccc(C(=O)NC4CC4)cc3)n2-c2cccc(Cl)c2)cc1. The minimum Gasteiger partial charge on any atom is -0.349 e. The number of hydrogen-bond donors (Lipinski definition) is 1. The normalized spacial score (nSPS) is 13.2. The van der Waals surface area contributed by atoms with E-state index in [1.54, 1.807) is 11.8 Å². The number of hydrogen-bond acceptors (Lipinski definition) is 4. The molecule has 1 aliphatic rings. The molecule has 0 atom stereocenters. The molecular weight excluding hydrogens is 452 g/mol. The highest BCUT2D eigenvalue weighted by Crippen LogP contribution is 2.31. The van der Waals surface area contributed by atoms with Crippen molar-refractivity contribution in [1.29, 1.82) is 0 Å². The largest absolute Gasteiger partial charge is 0.349 e. The van der Waals surface area contributed by atoms with E-state index in [2.05, 4.69) is 46.7 Å².